The Balaban J connectivity index is 2.25. The van der Waals surface area contributed by atoms with Crippen LogP contribution < -0.4 is 0 Å². The maximum absolute atomic E-state index is 5.53. The molecule has 1 aromatic heterocycles. The lowest BCUT2D eigenvalue weighted by atomic mass is 10.1. The maximum Gasteiger partial charge on any atom is 0.247 e. The van der Waals surface area contributed by atoms with Gasteiger partial charge in [-0.15, -0.1) is 10.2 Å². The molecule has 2 rings (SSSR count). The van der Waals surface area contributed by atoms with E-state index in [1.165, 1.54) is 5.56 Å². The molecule has 0 aliphatic carbocycles. The van der Waals surface area contributed by atoms with Gasteiger partial charge in [-0.1, -0.05) is 24.6 Å². The molecule has 0 aliphatic heterocycles. The first-order valence-corrected chi connectivity index (χ1v) is 5.19. The van der Waals surface area contributed by atoms with Crippen LogP contribution in [-0.4, -0.2) is 10.2 Å². The van der Waals surface area contributed by atoms with Crippen molar-refractivity contribution in [1.29, 1.82) is 0 Å². The average Bonchev–Trinajstić information content (AvgIpc) is 2.68. The normalized spacial score (nSPS) is 10.5. The van der Waals surface area contributed by atoms with Crippen molar-refractivity contribution in [2.24, 2.45) is 0 Å². The van der Waals surface area contributed by atoms with Crippen LogP contribution in [0.1, 0.15) is 24.8 Å². The Hall–Kier alpha value is -1.64. The minimum atomic E-state index is 0.610. The van der Waals surface area contributed by atoms with Crippen molar-refractivity contribution in [2.45, 2.75) is 26.7 Å². The summed E-state index contributed by atoms with van der Waals surface area (Å²) in [6, 6.07) is 8.08. The molecule has 0 spiro atoms. The van der Waals surface area contributed by atoms with Gasteiger partial charge in [0.25, 0.3) is 0 Å². The van der Waals surface area contributed by atoms with E-state index in [0.717, 1.165) is 18.4 Å². The van der Waals surface area contributed by atoms with Crippen molar-refractivity contribution < 1.29 is 4.42 Å². The second kappa shape index (κ2) is 4.26. The van der Waals surface area contributed by atoms with Gasteiger partial charge in [0.15, 0.2) is 0 Å². The fourth-order valence-electron chi connectivity index (χ4n) is 1.38. The van der Waals surface area contributed by atoms with Crippen LogP contribution in [0.4, 0.5) is 0 Å². The zero-order valence-corrected chi connectivity index (χ0v) is 9.03. The van der Waals surface area contributed by atoms with Crippen LogP contribution in [-0.2, 0) is 6.42 Å². The van der Waals surface area contributed by atoms with E-state index in [2.05, 4.69) is 24.0 Å². The minimum absolute atomic E-state index is 0.610. The summed E-state index contributed by atoms with van der Waals surface area (Å²) >= 11 is 0. The van der Waals surface area contributed by atoms with Gasteiger partial charge in [-0.2, -0.15) is 0 Å². The second-order valence-corrected chi connectivity index (χ2v) is 3.62. The number of rotatable bonds is 3. The molecule has 0 fully saturated rings. The van der Waals surface area contributed by atoms with Crippen molar-refractivity contribution in [3.05, 3.63) is 35.7 Å². The summed E-state index contributed by atoms with van der Waals surface area (Å²) in [6.45, 7) is 4.15. The van der Waals surface area contributed by atoms with Gasteiger partial charge in [-0.3, -0.25) is 0 Å². The molecule has 2 aromatic rings. The zero-order chi connectivity index (χ0) is 10.7. The summed E-state index contributed by atoms with van der Waals surface area (Å²) in [7, 11) is 0. The summed E-state index contributed by atoms with van der Waals surface area (Å²) in [5.74, 6) is 1.33. The fraction of sp³-hybridized carbons (Fsp3) is 0.333. The van der Waals surface area contributed by atoms with Gasteiger partial charge in [-0.25, -0.2) is 0 Å². The predicted molar refractivity (Wildman–Crippen MR) is 58.5 cm³/mol. The molecule has 1 heterocycles. The predicted octanol–water partition coefficient (Wildman–Crippen LogP) is 3.00. The Morgan fingerprint density at radius 1 is 1.13 bits per heavy atom. The molecule has 1 aromatic carbocycles. The summed E-state index contributed by atoms with van der Waals surface area (Å²) in [4.78, 5) is 0. The Morgan fingerprint density at radius 2 is 1.87 bits per heavy atom. The number of benzene rings is 1. The monoisotopic (exact) mass is 202 g/mol. The standard InChI is InChI=1S/C12H14N2O/c1-3-4-11-13-14-12(15-11)10-7-5-9(2)6-8-10/h5-8H,3-4H2,1-2H3. The Kier molecular flexibility index (Phi) is 2.81. The van der Waals surface area contributed by atoms with E-state index in [1.54, 1.807) is 0 Å². The highest BCUT2D eigenvalue weighted by atomic mass is 16.4. The van der Waals surface area contributed by atoms with E-state index in [-0.39, 0.29) is 0 Å². The maximum atomic E-state index is 5.53. The quantitative estimate of drug-likeness (QED) is 0.768. The van der Waals surface area contributed by atoms with Crippen LogP contribution in [0.15, 0.2) is 28.7 Å². The number of aryl methyl sites for hydroxylation is 2. The Bertz CT molecular complexity index is 431. The molecule has 0 radical (unpaired) electrons. The molecule has 0 amide bonds. The van der Waals surface area contributed by atoms with Gasteiger partial charge >= 0.3 is 0 Å². The SMILES string of the molecule is CCCc1nnc(-c2ccc(C)cc2)o1. The van der Waals surface area contributed by atoms with Crippen molar-refractivity contribution >= 4 is 0 Å². The fourth-order valence-corrected chi connectivity index (χ4v) is 1.38. The highest BCUT2D eigenvalue weighted by Gasteiger charge is 2.06. The Morgan fingerprint density at radius 3 is 2.53 bits per heavy atom. The zero-order valence-electron chi connectivity index (χ0n) is 9.03. The van der Waals surface area contributed by atoms with Crippen LogP contribution in [0.3, 0.4) is 0 Å². The largest absolute Gasteiger partial charge is 0.421 e. The smallest absolute Gasteiger partial charge is 0.247 e. The average molecular weight is 202 g/mol. The number of hydrogen-bond acceptors (Lipinski definition) is 3. The molecule has 0 saturated carbocycles. The number of hydrogen-bond donors (Lipinski definition) is 0. The number of nitrogens with zero attached hydrogens (tertiary/aromatic N) is 2. The van der Waals surface area contributed by atoms with E-state index in [9.17, 15) is 0 Å². The molecule has 3 heteroatoms. The molecular formula is C12H14N2O. The molecule has 0 N–H and O–H groups in total. The summed E-state index contributed by atoms with van der Waals surface area (Å²) < 4.78 is 5.53. The van der Waals surface area contributed by atoms with Gasteiger partial charge in [0.1, 0.15) is 0 Å². The van der Waals surface area contributed by atoms with E-state index < -0.39 is 0 Å². The van der Waals surface area contributed by atoms with Gasteiger partial charge in [0.05, 0.1) is 0 Å². The van der Waals surface area contributed by atoms with E-state index >= 15 is 0 Å². The minimum Gasteiger partial charge on any atom is -0.421 e. The highest BCUT2D eigenvalue weighted by molar-refractivity contribution is 5.52. The van der Waals surface area contributed by atoms with E-state index in [0.29, 0.717) is 11.8 Å². The molecule has 3 nitrogen and oxygen atoms in total. The molecule has 0 aliphatic rings. The second-order valence-electron chi connectivity index (χ2n) is 3.62. The van der Waals surface area contributed by atoms with E-state index in [4.69, 9.17) is 4.42 Å². The lowest BCUT2D eigenvalue weighted by Crippen LogP contribution is -1.80. The van der Waals surface area contributed by atoms with Crippen molar-refractivity contribution in [3.63, 3.8) is 0 Å². The van der Waals surface area contributed by atoms with Crippen LogP contribution in [0.25, 0.3) is 11.5 Å². The molecule has 78 valence electrons. The third-order valence-corrected chi connectivity index (χ3v) is 2.23. The summed E-state index contributed by atoms with van der Waals surface area (Å²) in [5, 5.41) is 8.01. The van der Waals surface area contributed by atoms with E-state index in [1.807, 2.05) is 24.3 Å². The third-order valence-electron chi connectivity index (χ3n) is 2.23. The van der Waals surface area contributed by atoms with Crippen LogP contribution in [0, 0.1) is 6.92 Å². The van der Waals surface area contributed by atoms with Gasteiger partial charge in [0, 0.05) is 12.0 Å². The van der Waals surface area contributed by atoms with Crippen LogP contribution in [0.2, 0.25) is 0 Å². The first-order valence-electron chi connectivity index (χ1n) is 5.19. The van der Waals surface area contributed by atoms with Crippen LogP contribution >= 0.6 is 0 Å². The first kappa shape index (κ1) is 9.90. The molecule has 15 heavy (non-hydrogen) atoms. The first-order chi connectivity index (χ1) is 7.29. The summed E-state index contributed by atoms with van der Waals surface area (Å²) in [5.41, 5.74) is 2.21. The molecule has 0 saturated heterocycles. The van der Waals surface area contributed by atoms with Gasteiger partial charge in [-0.05, 0) is 25.5 Å². The van der Waals surface area contributed by atoms with Crippen molar-refractivity contribution in [1.82, 2.24) is 10.2 Å². The summed E-state index contributed by atoms with van der Waals surface area (Å²) in [6.07, 6.45) is 1.87. The lowest BCUT2D eigenvalue weighted by molar-refractivity contribution is 0.502. The molecule has 0 bridgehead atoms. The topological polar surface area (TPSA) is 38.9 Å². The Labute approximate surface area is 89.2 Å². The van der Waals surface area contributed by atoms with Crippen LogP contribution in [0.5, 0.6) is 0 Å². The molecule has 0 unspecified atom stereocenters. The van der Waals surface area contributed by atoms with Crippen molar-refractivity contribution in [2.75, 3.05) is 0 Å². The molecule has 0 atom stereocenters. The highest BCUT2D eigenvalue weighted by Crippen LogP contribution is 2.18. The van der Waals surface area contributed by atoms with Crippen molar-refractivity contribution in [3.8, 4) is 11.5 Å². The van der Waals surface area contributed by atoms with Gasteiger partial charge < -0.3 is 4.42 Å². The third kappa shape index (κ3) is 2.24. The lowest BCUT2D eigenvalue weighted by Gasteiger charge is -1.94. The molecular weight excluding hydrogens is 188 g/mol. The van der Waals surface area contributed by atoms with Gasteiger partial charge in [0.2, 0.25) is 11.8 Å². The number of aromatic nitrogens is 2.